The van der Waals surface area contributed by atoms with Crippen molar-refractivity contribution in [3.8, 4) is 0 Å². The van der Waals surface area contributed by atoms with Crippen molar-refractivity contribution in [2.75, 3.05) is 57.0 Å². The Bertz CT molecular complexity index is 508. The second kappa shape index (κ2) is 6.67. The zero-order chi connectivity index (χ0) is 15.5. The van der Waals surface area contributed by atoms with E-state index in [4.69, 9.17) is 0 Å². The van der Waals surface area contributed by atoms with Crippen molar-refractivity contribution in [1.82, 2.24) is 9.80 Å². The first kappa shape index (κ1) is 15.3. The van der Waals surface area contributed by atoms with Gasteiger partial charge in [0.1, 0.15) is 0 Å². The molecule has 0 aliphatic carbocycles. The third-order valence-electron chi connectivity index (χ3n) is 4.83. The lowest BCUT2D eigenvalue weighted by atomic mass is 10.2. The van der Waals surface area contributed by atoms with Crippen LogP contribution in [0.4, 0.5) is 11.4 Å². The molecule has 0 aromatic heterocycles. The van der Waals surface area contributed by atoms with Crippen LogP contribution in [-0.2, 0) is 4.79 Å². The van der Waals surface area contributed by atoms with Gasteiger partial charge in [0.05, 0.1) is 6.04 Å². The third-order valence-corrected chi connectivity index (χ3v) is 4.83. The monoisotopic (exact) mass is 302 g/mol. The van der Waals surface area contributed by atoms with E-state index in [-0.39, 0.29) is 11.9 Å². The zero-order valence-corrected chi connectivity index (χ0v) is 13.6. The molecular weight excluding hydrogens is 276 g/mol. The summed E-state index contributed by atoms with van der Waals surface area (Å²) in [5.74, 6) is 0.118. The average Bonchev–Trinajstić information content (AvgIpc) is 2.95. The molecule has 1 aromatic carbocycles. The lowest BCUT2D eigenvalue weighted by Crippen LogP contribution is -2.44. The van der Waals surface area contributed by atoms with Gasteiger partial charge in [0.15, 0.2) is 0 Å². The van der Waals surface area contributed by atoms with E-state index >= 15 is 0 Å². The minimum absolute atomic E-state index is 0.0253. The standard InChI is InChI=1S/C17H26N4O/c1-19-10-12-21(13-11-19)15-7-5-14(6-8-15)18-17(22)16-4-3-9-20(16)2/h5-8,16H,3-4,9-13H2,1-2H3,(H,18,22). The maximum Gasteiger partial charge on any atom is 0.241 e. The first-order valence-corrected chi connectivity index (χ1v) is 8.18. The number of hydrogen-bond acceptors (Lipinski definition) is 4. The fraction of sp³-hybridized carbons (Fsp3) is 0.588. The summed E-state index contributed by atoms with van der Waals surface area (Å²) in [4.78, 5) is 19.2. The van der Waals surface area contributed by atoms with E-state index in [0.717, 1.165) is 51.3 Å². The predicted molar refractivity (Wildman–Crippen MR) is 90.4 cm³/mol. The highest BCUT2D eigenvalue weighted by Crippen LogP contribution is 2.21. The van der Waals surface area contributed by atoms with Crippen molar-refractivity contribution in [2.24, 2.45) is 0 Å². The van der Waals surface area contributed by atoms with E-state index in [0.29, 0.717) is 0 Å². The molecule has 1 unspecified atom stereocenters. The van der Waals surface area contributed by atoms with E-state index in [2.05, 4.69) is 39.2 Å². The van der Waals surface area contributed by atoms with Crippen LogP contribution >= 0.6 is 0 Å². The minimum Gasteiger partial charge on any atom is -0.369 e. The Morgan fingerprint density at radius 3 is 2.32 bits per heavy atom. The van der Waals surface area contributed by atoms with E-state index in [1.807, 2.05) is 19.2 Å². The molecule has 0 saturated carbocycles. The van der Waals surface area contributed by atoms with Crippen molar-refractivity contribution in [1.29, 1.82) is 0 Å². The molecule has 5 heteroatoms. The molecular formula is C17H26N4O. The topological polar surface area (TPSA) is 38.8 Å². The van der Waals surface area contributed by atoms with Gasteiger partial charge in [0.2, 0.25) is 5.91 Å². The van der Waals surface area contributed by atoms with Gasteiger partial charge in [-0.2, -0.15) is 0 Å². The summed E-state index contributed by atoms with van der Waals surface area (Å²) in [7, 11) is 4.18. The number of nitrogens with one attached hydrogen (secondary N) is 1. The SMILES string of the molecule is CN1CCN(c2ccc(NC(=O)C3CCCN3C)cc2)CC1. The Balaban J connectivity index is 1.58. The highest BCUT2D eigenvalue weighted by molar-refractivity contribution is 5.95. The van der Waals surface area contributed by atoms with E-state index in [9.17, 15) is 4.79 Å². The lowest BCUT2D eigenvalue weighted by molar-refractivity contribution is -0.119. The summed E-state index contributed by atoms with van der Waals surface area (Å²) < 4.78 is 0. The van der Waals surface area contributed by atoms with Crippen molar-refractivity contribution in [3.05, 3.63) is 24.3 Å². The Kier molecular flexibility index (Phi) is 4.64. The Labute approximate surface area is 132 Å². The number of anilines is 2. The normalized spacial score (nSPS) is 23.7. The molecule has 2 fully saturated rings. The quantitative estimate of drug-likeness (QED) is 0.918. The minimum atomic E-state index is 0.0253. The molecule has 1 amide bonds. The van der Waals surface area contributed by atoms with Gasteiger partial charge in [-0.1, -0.05) is 0 Å². The first-order chi connectivity index (χ1) is 10.6. The molecule has 0 bridgehead atoms. The van der Waals surface area contributed by atoms with Crippen LogP contribution in [-0.4, -0.2) is 68.6 Å². The van der Waals surface area contributed by atoms with Crippen LogP contribution in [0, 0.1) is 0 Å². The summed E-state index contributed by atoms with van der Waals surface area (Å²) in [6.45, 7) is 5.35. The number of carbonyl (C=O) groups excluding carboxylic acids is 1. The number of hydrogen-bond donors (Lipinski definition) is 1. The zero-order valence-electron chi connectivity index (χ0n) is 13.6. The molecule has 120 valence electrons. The third kappa shape index (κ3) is 3.42. The van der Waals surface area contributed by atoms with Gasteiger partial charge in [-0.05, 0) is 57.7 Å². The van der Waals surface area contributed by atoms with Gasteiger partial charge in [0, 0.05) is 37.6 Å². The molecule has 2 aliphatic heterocycles. The Morgan fingerprint density at radius 2 is 1.73 bits per heavy atom. The van der Waals surface area contributed by atoms with E-state index in [1.54, 1.807) is 0 Å². The van der Waals surface area contributed by atoms with Crippen LogP contribution in [0.25, 0.3) is 0 Å². The maximum absolute atomic E-state index is 12.3. The van der Waals surface area contributed by atoms with Crippen molar-refractivity contribution in [2.45, 2.75) is 18.9 Å². The fourth-order valence-corrected chi connectivity index (χ4v) is 3.29. The molecule has 1 aromatic rings. The Morgan fingerprint density at radius 1 is 1.05 bits per heavy atom. The van der Waals surface area contributed by atoms with Gasteiger partial charge in [-0.15, -0.1) is 0 Å². The number of rotatable bonds is 3. The van der Waals surface area contributed by atoms with Gasteiger partial charge in [-0.3, -0.25) is 9.69 Å². The maximum atomic E-state index is 12.3. The van der Waals surface area contributed by atoms with Crippen LogP contribution in [0.15, 0.2) is 24.3 Å². The number of likely N-dealkylation sites (tertiary alicyclic amines) is 1. The number of carbonyl (C=O) groups is 1. The van der Waals surface area contributed by atoms with Crippen LogP contribution < -0.4 is 10.2 Å². The molecule has 0 radical (unpaired) electrons. The average molecular weight is 302 g/mol. The second-order valence-corrected chi connectivity index (χ2v) is 6.47. The summed E-state index contributed by atoms with van der Waals surface area (Å²) in [5, 5.41) is 3.04. The van der Waals surface area contributed by atoms with Crippen molar-refractivity contribution >= 4 is 17.3 Å². The molecule has 2 heterocycles. The number of piperazine rings is 1. The van der Waals surface area contributed by atoms with E-state index < -0.39 is 0 Å². The lowest BCUT2D eigenvalue weighted by Gasteiger charge is -2.34. The molecule has 0 spiro atoms. The van der Waals surface area contributed by atoms with Crippen LogP contribution in [0.5, 0.6) is 0 Å². The number of likely N-dealkylation sites (N-methyl/N-ethyl adjacent to an activating group) is 2. The highest BCUT2D eigenvalue weighted by atomic mass is 16.2. The fourth-order valence-electron chi connectivity index (χ4n) is 3.29. The highest BCUT2D eigenvalue weighted by Gasteiger charge is 2.27. The van der Waals surface area contributed by atoms with Gasteiger partial charge in [-0.25, -0.2) is 0 Å². The van der Waals surface area contributed by atoms with Crippen LogP contribution in [0.2, 0.25) is 0 Å². The summed E-state index contributed by atoms with van der Waals surface area (Å²) in [5.41, 5.74) is 2.13. The predicted octanol–water partition coefficient (Wildman–Crippen LogP) is 1.47. The molecule has 22 heavy (non-hydrogen) atoms. The second-order valence-electron chi connectivity index (χ2n) is 6.47. The molecule has 2 aliphatic rings. The Hall–Kier alpha value is -1.59. The smallest absolute Gasteiger partial charge is 0.241 e. The number of nitrogens with zero attached hydrogens (tertiary/aromatic N) is 3. The van der Waals surface area contributed by atoms with Crippen molar-refractivity contribution < 1.29 is 4.79 Å². The summed E-state index contributed by atoms with van der Waals surface area (Å²) in [6, 6.07) is 8.27. The van der Waals surface area contributed by atoms with Gasteiger partial charge in [0.25, 0.3) is 0 Å². The van der Waals surface area contributed by atoms with Gasteiger partial charge >= 0.3 is 0 Å². The molecule has 2 saturated heterocycles. The molecule has 1 N–H and O–H groups in total. The molecule has 3 rings (SSSR count). The first-order valence-electron chi connectivity index (χ1n) is 8.18. The largest absolute Gasteiger partial charge is 0.369 e. The van der Waals surface area contributed by atoms with Crippen LogP contribution in [0.1, 0.15) is 12.8 Å². The molecule has 1 atom stereocenters. The van der Waals surface area contributed by atoms with E-state index in [1.165, 1.54) is 5.69 Å². The van der Waals surface area contributed by atoms with Crippen molar-refractivity contribution in [3.63, 3.8) is 0 Å². The summed E-state index contributed by atoms with van der Waals surface area (Å²) >= 11 is 0. The summed E-state index contributed by atoms with van der Waals surface area (Å²) in [6.07, 6.45) is 2.07. The number of benzene rings is 1. The van der Waals surface area contributed by atoms with Gasteiger partial charge < -0.3 is 15.1 Å². The number of amides is 1. The van der Waals surface area contributed by atoms with Crippen LogP contribution in [0.3, 0.4) is 0 Å². The molecule has 5 nitrogen and oxygen atoms in total.